The van der Waals surface area contributed by atoms with Crippen LogP contribution in [0.5, 0.6) is 5.75 Å². The van der Waals surface area contributed by atoms with Crippen LogP contribution < -0.4 is 5.32 Å². The number of nitro benzene ring substituents is 2. The number of carbonyl (C=O) groups is 1. The first-order chi connectivity index (χ1) is 10.4. The molecule has 0 bridgehead atoms. The van der Waals surface area contributed by atoms with Crippen LogP contribution >= 0.6 is 0 Å². The molecule has 0 heterocycles. The Hall–Kier alpha value is -3.49. The van der Waals surface area contributed by atoms with Gasteiger partial charge in [-0.3, -0.25) is 25.0 Å². The summed E-state index contributed by atoms with van der Waals surface area (Å²) in [5.74, 6) is -0.578. The van der Waals surface area contributed by atoms with Gasteiger partial charge in [-0.05, 0) is 30.3 Å². The van der Waals surface area contributed by atoms with Gasteiger partial charge in [-0.2, -0.15) is 0 Å². The Morgan fingerprint density at radius 3 is 2.09 bits per heavy atom. The van der Waals surface area contributed by atoms with Gasteiger partial charge in [0, 0.05) is 23.4 Å². The number of rotatable bonds is 4. The third kappa shape index (κ3) is 3.15. The smallest absolute Gasteiger partial charge is 0.348 e. The highest BCUT2D eigenvalue weighted by Crippen LogP contribution is 2.29. The molecule has 2 rings (SSSR count). The zero-order chi connectivity index (χ0) is 16.3. The molecule has 0 aliphatic carbocycles. The van der Waals surface area contributed by atoms with Crippen molar-refractivity contribution in [3.63, 3.8) is 0 Å². The molecule has 2 N–H and O–H groups in total. The second-order valence-electron chi connectivity index (χ2n) is 4.22. The predicted octanol–water partition coefficient (Wildman–Crippen LogP) is 2.46. The maximum Gasteiger partial charge on any atom is 0.348 e. The van der Waals surface area contributed by atoms with Crippen molar-refractivity contribution in [1.82, 2.24) is 0 Å². The lowest BCUT2D eigenvalue weighted by atomic mass is 10.2. The standard InChI is InChI=1S/C13H9N3O6/c17-10-4-1-8(2-5-10)13(18)14-9-3-6-11(15(19)20)12(7-9)16(21)22/h1-7,17H,(H,14,18). The van der Waals surface area contributed by atoms with E-state index >= 15 is 0 Å². The number of hydrogen-bond acceptors (Lipinski definition) is 6. The lowest BCUT2D eigenvalue weighted by molar-refractivity contribution is -0.422. The highest BCUT2D eigenvalue weighted by atomic mass is 16.6. The minimum Gasteiger partial charge on any atom is -0.508 e. The van der Waals surface area contributed by atoms with Crippen LogP contribution in [0.25, 0.3) is 0 Å². The first-order valence-electron chi connectivity index (χ1n) is 5.91. The van der Waals surface area contributed by atoms with E-state index in [1.807, 2.05) is 0 Å². The number of amides is 1. The summed E-state index contributed by atoms with van der Waals surface area (Å²) < 4.78 is 0. The zero-order valence-electron chi connectivity index (χ0n) is 10.9. The van der Waals surface area contributed by atoms with E-state index in [4.69, 9.17) is 5.11 Å². The van der Waals surface area contributed by atoms with Gasteiger partial charge in [-0.1, -0.05) is 0 Å². The summed E-state index contributed by atoms with van der Waals surface area (Å²) in [4.78, 5) is 31.7. The fraction of sp³-hybridized carbons (Fsp3) is 0. The zero-order valence-corrected chi connectivity index (χ0v) is 10.9. The van der Waals surface area contributed by atoms with Crippen molar-refractivity contribution in [2.45, 2.75) is 0 Å². The van der Waals surface area contributed by atoms with Crippen molar-refractivity contribution in [1.29, 1.82) is 0 Å². The van der Waals surface area contributed by atoms with Gasteiger partial charge in [0.15, 0.2) is 0 Å². The number of phenolic OH excluding ortho intramolecular Hbond substituents is 1. The lowest BCUT2D eigenvalue weighted by Crippen LogP contribution is -2.12. The van der Waals surface area contributed by atoms with Gasteiger partial charge in [0.05, 0.1) is 9.85 Å². The minimum absolute atomic E-state index is 0.0116. The van der Waals surface area contributed by atoms with Crippen LogP contribution in [0.1, 0.15) is 10.4 Å². The molecule has 0 fully saturated rings. The Balaban J connectivity index is 2.28. The van der Waals surface area contributed by atoms with Crippen LogP contribution in [0.2, 0.25) is 0 Å². The van der Waals surface area contributed by atoms with Gasteiger partial charge < -0.3 is 10.4 Å². The molecule has 0 saturated carbocycles. The van der Waals surface area contributed by atoms with Crippen LogP contribution in [0.15, 0.2) is 42.5 Å². The Bertz CT molecular complexity index is 757. The van der Waals surface area contributed by atoms with E-state index < -0.39 is 27.1 Å². The largest absolute Gasteiger partial charge is 0.508 e. The summed E-state index contributed by atoms with van der Waals surface area (Å²) in [7, 11) is 0. The number of nitrogens with zero attached hydrogens (tertiary/aromatic N) is 2. The molecule has 9 heteroatoms. The third-order valence-electron chi connectivity index (χ3n) is 2.76. The van der Waals surface area contributed by atoms with Gasteiger partial charge in [0.1, 0.15) is 5.75 Å². The Kier molecular flexibility index (Phi) is 3.98. The SMILES string of the molecule is O=C(Nc1ccc([N+](=O)[O-])c([N+](=O)[O-])c1)c1ccc(O)cc1. The minimum atomic E-state index is -0.894. The molecule has 2 aromatic carbocycles. The van der Waals surface area contributed by atoms with Gasteiger partial charge >= 0.3 is 11.4 Å². The van der Waals surface area contributed by atoms with Crippen LogP contribution in [0.3, 0.4) is 0 Å². The Morgan fingerprint density at radius 2 is 1.55 bits per heavy atom. The molecule has 0 unspecified atom stereocenters. The second-order valence-corrected chi connectivity index (χ2v) is 4.22. The number of hydrogen-bond donors (Lipinski definition) is 2. The highest BCUT2D eigenvalue weighted by Gasteiger charge is 2.24. The number of aromatic hydroxyl groups is 1. The topological polar surface area (TPSA) is 136 Å². The maximum absolute atomic E-state index is 11.9. The van der Waals surface area contributed by atoms with E-state index in [-0.39, 0.29) is 17.0 Å². The van der Waals surface area contributed by atoms with Gasteiger partial charge in [0.2, 0.25) is 0 Å². The molecule has 0 atom stereocenters. The summed E-state index contributed by atoms with van der Waals surface area (Å²) in [6, 6.07) is 8.42. The van der Waals surface area contributed by atoms with E-state index in [0.29, 0.717) is 0 Å². The molecular weight excluding hydrogens is 294 g/mol. The highest BCUT2D eigenvalue weighted by molar-refractivity contribution is 6.04. The quantitative estimate of drug-likeness (QED) is 0.657. The molecule has 9 nitrogen and oxygen atoms in total. The van der Waals surface area contributed by atoms with E-state index in [0.717, 1.165) is 12.1 Å². The molecule has 0 radical (unpaired) electrons. The van der Waals surface area contributed by atoms with E-state index in [1.165, 1.54) is 30.3 Å². The van der Waals surface area contributed by atoms with Crippen molar-refractivity contribution in [3.8, 4) is 5.75 Å². The maximum atomic E-state index is 11.9. The van der Waals surface area contributed by atoms with Gasteiger partial charge in [0.25, 0.3) is 5.91 Å². The number of phenols is 1. The number of carbonyl (C=O) groups excluding carboxylic acids is 1. The molecule has 0 aromatic heterocycles. The lowest BCUT2D eigenvalue weighted by Gasteiger charge is -2.05. The molecule has 0 saturated heterocycles. The molecule has 0 aliphatic rings. The van der Waals surface area contributed by atoms with Crippen molar-refractivity contribution in [3.05, 3.63) is 68.3 Å². The molecule has 1 amide bonds. The molecule has 0 spiro atoms. The average molecular weight is 303 g/mol. The molecule has 2 aromatic rings. The molecular formula is C13H9N3O6. The Labute approximate surface area is 123 Å². The normalized spacial score (nSPS) is 10.0. The summed E-state index contributed by atoms with van der Waals surface area (Å²) in [6.45, 7) is 0. The number of nitrogens with one attached hydrogen (secondary N) is 1. The number of anilines is 1. The van der Waals surface area contributed by atoms with E-state index in [1.54, 1.807) is 0 Å². The van der Waals surface area contributed by atoms with Gasteiger partial charge in [-0.15, -0.1) is 0 Å². The van der Waals surface area contributed by atoms with Crippen LogP contribution in [0, 0.1) is 20.2 Å². The van der Waals surface area contributed by atoms with Crippen molar-refractivity contribution >= 4 is 23.0 Å². The monoisotopic (exact) mass is 303 g/mol. The fourth-order valence-corrected chi connectivity index (χ4v) is 1.72. The van der Waals surface area contributed by atoms with Crippen LogP contribution in [-0.4, -0.2) is 20.9 Å². The van der Waals surface area contributed by atoms with E-state index in [2.05, 4.69) is 5.32 Å². The average Bonchev–Trinajstić information content (AvgIpc) is 2.47. The van der Waals surface area contributed by atoms with Crippen LogP contribution in [0.4, 0.5) is 17.1 Å². The summed E-state index contributed by atoms with van der Waals surface area (Å²) >= 11 is 0. The summed E-state index contributed by atoms with van der Waals surface area (Å²) in [5, 5.41) is 33.1. The summed E-state index contributed by atoms with van der Waals surface area (Å²) in [5.41, 5.74) is -1.10. The van der Waals surface area contributed by atoms with Gasteiger partial charge in [-0.25, -0.2) is 0 Å². The molecule has 112 valence electrons. The fourth-order valence-electron chi connectivity index (χ4n) is 1.72. The molecule has 0 aliphatic heterocycles. The predicted molar refractivity (Wildman–Crippen MR) is 75.8 cm³/mol. The summed E-state index contributed by atoms with van der Waals surface area (Å²) in [6.07, 6.45) is 0. The number of benzene rings is 2. The molecule has 22 heavy (non-hydrogen) atoms. The van der Waals surface area contributed by atoms with Crippen LogP contribution in [-0.2, 0) is 0 Å². The second kappa shape index (κ2) is 5.87. The van der Waals surface area contributed by atoms with E-state index in [9.17, 15) is 25.0 Å². The Morgan fingerprint density at radius 1 is 0.955 bits per heavy atom. The number of nitro groups is 2. The first kappa shape index (κ1) is 14.9. The first-order valence-corrected chi connectivity index (χ1v) is 5.91. The van der Waals surface area contributed by atoms with Crippen molar-refractivity contribution in [2.24, 2.45) is 0 Å². The van der Waals surface area contributed by atoms with Crippen molar-refractivity contribution < 1.29 is 19.7 Å². The third-order valence-corrected chi connectivity index (χ3v) is 2.76. The van der Waals surface area contributed by atoms with Crippen molar-refractivity contribution in [2.75, 3.05) is 5.32 Å².